The average Bonchev–Trinajstić information content (AvgIpc) is 2.44. The minimum atomic E-state index is 0.102. The number of rotatable bonds is 4. The average molecular weight is 267 g/mol. The molecule has 3 rings (SSSR count). The van der Waals surface area contributed by atoms with Gasteiger partial charge in [0.15, 0.2) is 5.78 Å². The van der Waals surface area contributed by atoms with Crippen LogP contribution in [0.2, 0.25) is 0 Å². The van der Waals surface area contributed by atoms with Gasteiger partial charge in [-0.15, -0.1) is 0 Å². The van der Waals surface area contributed by atoms with Gasteiger partial charge >= 0.3 is 0 Å². The van der Waals surface area contributed by atoms with E-state index < -0.39 is 0 Å². The molecule has 0 heterocycles. The Morgan fingerprint density at radius 1 is 1.30 bits per heavy atom. The summed E-state index contributed by atoms with van der Waals surface area (Å²) < 4.78 is 5.10. The van der Waals surface area contributed by atoms with Gasteiger partial charge in [0, 0.05) is 23.7 Å². The van der Waals surface area contributed by atoms with E-state index in [4.69, 9.17) is 10.5 Å². The SMILES string of the molecule is COc1ccc(C(=O)CC2Cc3ccccc32)c(N)c1. The topological polar surface area (TPSA) is 52.3 Å². The molecule has 0 saturated carbocycles. The fourth-order valence-electron chi connectivity index (χ4n) is 2.80. The van der Waals surface area contributed by atoms with Gasteiger partial charge in [-0.05, 0) is 35.6 Å². The molecule has 0 spiro atoms. The molecule has 0 fully saturated rings. The zero-order chi connectivity index (χ0) is 14.1. The number of Topliss-reactive ketones (excluding diaryl/α,β-unsaturated/α-hetero) is 1. The van der Waals surface area contributed by atoms with Crippen molar-refractivity contribution in [1.29, 1.82) is 0 Å². The molecule has 2 N–H and O–H groups in total. The highest BCUT2D eigenvalue weighted by Crippen LogP contribution is 2.38. The second kappa shape index (κ2) is 5.00. The first-order chi connectivity index (χ1) is 9.69. The maximum atomic E-state index is 12.4. The van der Waals surface area contributed by atoms with E-state index in [0.29, 0.717) is 29.3 Å². The standard InChI is InChI=1S/C17H17NO2/c1-20-13-6-7-15(16(18)10-13)17(19)9-12-8-11-4-2-3-5-14(11)12/h2-7,10,12H,8-9,18H2,1H3. The lowest BCUT2D eigenvalue weighted by atomic mass is 9.74. The number of nitrogen functional groups attached to an aromatic ring is 1. The van der Waals surface area contributed by atoms with Crippen LogP contribution in [0.25, 0.3) is 0 Å². The third-order valence-corrected chi connectivity index (χ3v) is 3.95. The van der Waals surface area contributed by atoms with E-state index in [1.807, 2.05) is 12.1 Å². The summed E-state index contributed by atoms with van der Waals surface area (Å²) in [4.78, 5) is 12.4. The number of hydrogen-bond acceptors (Lipinski definition) is 3. The van der Waals surface area contributed by atoms with E-state index in [9.17, 15) is 4.79 Å². The van der Waals surface area contributed by atoms with Crippen LogP contribution in [0, 0.1) is 0 Å². The van der Waals surface area contributed by atoms with Crippen LogP contribution in [-0.4, -0.2) is 12.9 Å². The fourth-order valence-corrected chi connectivity index (χ4v) is 2.80. The third kappa shape index (κ3) is 2.16. The van der Waals surface area contributed by atoms with Crippen molar-refractivity contribution >= 4 is 11.5 Å². The van der Waals surface area contributed by atoms with Gasteiger partial charge in [0.1, 0.15) is 5.75 Å². The summed E-state index contributed by atoms with van der Waals surface area (Å²) in [5.41, 5.74) is 9.66. The van der Waals surface area contributed by atoms with Crippen LogP contribution in [0.1, 0.15) is 33.8 Å². The van der Waals surface area contributed by atoms with Crippen LogP contribution in [0.5, 0.6) is 5.75 Å². The van der Waals surface area contributed by atoms with Crippen LogP contribution in [0.3, 0.4) is 0 Å². The Morgan fingerprint density at radius 3 is 2.80 bits per heavy atom. The highest BCUT2D eigenvalue weighted by Gasteiger charge is 2.28. The van der Waals surface area contributed by atoms with Gasteiger partial charge in [0.25, 0.3) is 0 Å². The smallest absolute Gasteiger partial charge is 0.165 e. The van der Waals surface area contributed by atoms with Crippen LogP contribution in [0.15, 0.2) is 42.5 Å². The van der Waals surface area contributed by atoms with Crippen LogP contribution >= 0.6 is 0 Å². The predicted octanol–water partition coefficient (Wildman–Crippen LogP) is 3.19. The number of methoxy groups -OCH3 is 1. The van der Waals surface area contributed by atoms with E-state index in [1.54, 1.807) is 25.3 Å². The molecule has 0 saturated heterocycles. The molecule has 20 heavy (non-hydrogen) atoms. The Kier molecular flexibility index (Phi) is 3.18. The predicted molar refractivity (Wildman–Crippen MR) is 79.2 cm³/mol. The van der Waals surface area contributed by atoms with Gasteiger partial charge in [0.05, 0.1) is 7.11 Å². The van der Waals surface area contributed by atoms with Crippen molar-refractivity contribution in [3.05, 3.63) is 59.2 Å². The van der Waals surface area contributed by atoms with Crippen molar-refractivity contribution < 1.29 is 9.53 Å². The fraction of sp³-hybridized carbons (Fsp3) is 0.235. The Balaban J connectivity index is 1.75. The molecule has 0 radical (unpaired) electrons. The van der Waals surface area contributed by atoms with Crippen LogP contribution in [0.4, 0.5) is 5.69 Å². The van der Waals surface area contributed by atoms with Crippen LogP contribution < -0.4 is 10.5 Å². The van der Waals surface area contributed by atoms with Crippen molar-refractivity contribution in [2.24, 2.45) is 0 Å². The van der Waals surface area contributed by atoms with Gasteiger partial charge in [-0.3, -0.25) is 4.79 Å². The highest BCUT2D eigenvalue weighted by molar-refractivity contribution is 6.01. The molecule has 3 heteroatoms. The van der Waals surface area contributed by atoms with Gasteiger partial charge in [-0.2, -0.15) is 0 Å². The lowest BCUT2D eigenvalue weighted by Crippen LogP contribution is -2.20. The normalized spacial score (nSPS) is 16.1. The van der Waals surface area contributed by atoms with Gasteiger partial charge < -0.3 is 10.5 Å². The summed E-state index contributed by atoms with van der Waals surface area (Å²) in [5.74, 6) is 1.11. The van der Waals surface area contributed by atoms with E-state index in [-0.39, 0.29) is 5.78 Å². The first-order valence-electron chi connectivity index (χ1n) is 6.73. The molecule has 2 aromatic rings. The molecular formula is C17H17NO2. The molecule has 0 aromatic heterocycles. The lowest BCUT2D eigenvalue weighted by molar-refractivity contribution is 0.0971. The lowest BCUT2D eigenvalue weighted by Gasteiger charge is -2.29. The zero-order valence-electron chi connectivity index (χ0n) is 11.4. The monoisotopic (exact) mass is 267 g/mol. The quantitative estimate of drug-likeness (QED) is 0.683. The van der Waals surface area contributed by atoms with E-state index in [1.165, 1.54) is 11.1 Å². The number of fused-ring (bicyclic) bond motifs is 1. The summed E-state index contributed by atoms with van der Waals surface area (Å²) in [5, 5.41) is 0. The first-order valence-corrected chi connectivity index (χ1v) is 6.73. The molecule has 1 unspecified atom stereocenters. The summed E-state index contributed by atoms with van der Waals surface area (Å²) in [7, 11) is 1.58. The number of carbonyl (C=O) groups is 1. The third-order valence-electron chi connectivity index (χ3n) is 3.95. The second-order valence-electron chi connectivity index (χ2n) is 5.18. The number of ether oxygens (including phenoxy) is 1. The van der Waals surface area contributed by atoms with Crippen molar-refractivity contribution in [2.45, 2.75) is 18.8 Å². The van der Waals surface area contributed by atoms with Crippen molar-refractivity contribution in [3.8, 4) is 5.75 Å². The number of anilines is 1. The molecular weight excluding hydrogens is 250 g/mol. The Morgan fingerprint density at radius 2 is 2.10 bits per heavy atom. The summed E-state index contributed by atoms with van der Waals surface area (Å²) in [6.45, 7) is 0. The highest BCUT2D eigenvalue weighted by atomic mass is 16.5. The second-order valence-corrected chi connectivity index (χ2v) is 5.18. The maximum absolute atomic E-state index is 12.4. The molecule has 0 bridgehead atoms. The largest absolute Gasteiger partial charge is 0.497 e. The summed E-state index contributed by atoms with van der Waals surface area (Å²) >= 11 is 0. The van der Waals surface area contributed by atoms with Crippen LogP contribution in [-0.2, 0) is 6.42 Å². The number of benzene rings is 2. The molecule has 1 aliphatic rings. The van der Waals surface area contributed by atoms with Crippen molar-refractivity contribution in [3.63, 3.8) is 0 Å². The molecule has 1 atom stereocenters. The Labute approximate surface area is 118 Å². The number of ketones is 1. The number of hydrogen-bond donors (Lipinski definition) is 1. The van der Waals surface area contributed by atoms with E-state index in [2.05, 4.69) is 12.1 Å². The Bertz CT molecular complexity index is 664. The maximum Gasteiger partial charge on any atom is 0.165 e. The number of nitrogens with two attached hydrogens (primary N) is 1. The molecule has 0 amide bonds. The van der Waals surface area contributed by atoms with Gasteiger partial charge in [-0.25, -0.2) is 0 Å². The number of carbonyl (C=O) groups excluding carboxylic acids is 1. The molecule has 1 aliphatic carbocycles. The zero-order valence-corrected chi connectivity index (χ0v) is 11.4. The van der Waals surface area contributed by atoms with E-state index in [0.717, 1.165) is 6.42 Å². The molecule has 0 aliphatic heterocycles. The van der Waals surface area contributed by atoms with Gasteiger partial charge in [0.2, 0.25) is 0 Å². The molecule has 2 aromatic carbocycles. The summed E-state index contributed by atoms with van der Waals surface area (Å²) in [6, 6.07) is 13.5. The first kappa shape index (κ1) is 12.7. The Hall–Kier alpha value is -2.29. The minimum Gasteiger partial charge on any atom is -0.497 e. The van der Waals surface area contributed by atoms with Crippen molar-refractivity contribution in [2.75, 3.05) is 12.8 Å². The molecule has 3 nitrogen and oxygen atoms in total. The van der Waals surface area contributed by atoms with E-state index >= 15 is 0 Å². The summed E-state index contributed by atoms with van der Waals surface area (Å²) in [6.07, 6.45) is 1.51. The molecule has 102 valence electrons. The van der Waals surface area contributed by atoms with Crippen molar-refractivity contribution in [1.82, 2.24) is 0 Å². The van der Waals surface area contributed by atoms with Gasteiger partial charge in [-0.1, -0.05) is 24.3 Å². The minimum absolute atomic E-state index is 0.102.